The van der Waals surface area contributed by atoms with Crippen LogP contribution in [-0.2, 0) is 20.9 Å². The highest BCUT2D eigenvalue weighted by Gasteiger charge is 2.22. The largest absolute Gasteiger partial charge is 0.480 e. The first-order valence-electron chi connectivity index (χ1n) is 6.28. The van der Waals surface area contributed by atoms with Crippen LogP contribution < -0.4 is 5.32 Å². The number of benzene rings is 1. The van der Waals surface area contributed by atoms with Crippen LogP contribution in [0.15, 0.2) is 30.3 Å². The Morgan fingerprint density at radius 2 is 1.95 bits per heavy atom. The highest BCUT2D eigenvalue weighted by Crippen LogP contribution is 2.04. The van der Waals surface area contributed by atoms with E-state index in [0.29, 0.717) is 6.61 Å². The smallest absolute Gasteiger partial charge is 0.326 e. The average molecular weight is 281 g/mol. The Hall–Kier alpha value is -1.92. The van der Waals surface area contributed by atoms with E-state index in [1.807, 2.05) is 30.3 Å². The number of carboxylic acid groups (broad SMARTS) is 1. The number of carbonyl (C=O) groups is 2. The molecule has 20 heavy (non-hydrogen) atoms. The van der Waals surface area contributed by atoms with Crippen LogP contribution >= 0.6 is 0 Å². The van der Waals surface area contributed by atoms with Crippen LogP contribution in [0.1, 0.15) is 18.9 Å². The molecule has 6 heteroatoms. The van der Waals surface area contributed by atoms with E-state index < -0.39 is 24.0 Å². The fraction of sp³-hybridized carbons (Fsp3) is 0.429. The number of aliphatic hydroxyl groups is 1. The quantitative estimate of drug-likeness (QED) is 0.646. The summed E-state index contributed by atoms with van der Waals surface area (Å²) < 4.78 is 5.31. The van der Waals surface area contributed by atoms with Crippen LogP contribution in [0.5, 0.6) is 0 Å². The molecular formula is C14H19NO5. The normalized spacial score (nSPS) is 13.5. The van der Waals surface area contributed by atoms with Gasteiger partial charge in [0, 0.05) is 13.3 Å². The van der Waals surface area contributed by atoms with Gasteiger partial charge in [0.15, 0.2) is 0 Å². The molecule has 0 bridgehead atoms. The van der Waals surface area contributed by atoms with Crippen molar-refractivity contribution >= 4 is 11.9 Å². The van der Waals surface area contributed by atoms with Gasteiger partial charge >= 0.3 is 5.97 Å². The van der Waals surface area contributed by atoms with Crippen molar-refractivity contribution in [3.8, 4) is 0 Å². The predicted molar refractivity (Wildman–Crippen MR) is 72.0 cm³/mol. The van der Waals surface area contributed by atoms with Crippen LogP contribution in [0.25, 0.3) is 0 Å². The predicted octanol–water partition coefficient (Wildman–Crippen LogP) is 0.543. The van der Waals surface area contributed by atoms with Crippen molar-refractivity contribution < 1.29 is 24.5 Å². The van der Waals surface area contributed by atoms with Gasteiger partial charge < -0.3 is 20.3 Å². The van der Waals surface area contributed by atoms with Crippen molar-refractivity contribution in [3.05, 3.63) is 35.9 Å². The zero-order chi connectivity index (χ0) is 15.0. The molecule has 0 aromatic heterocycles. The third-order valence-electron chi connectivity index (χ3n) is 2.61. The summed E-state index contributed by atoms with van der Waals surface area (Å²) in [6.45, 7) is 1.59. The first-order valence-corrected chi connectivity index (χ1v) is 6.28. The Bertz CT molecular complexity index is 434. The molecule has 1 aromatic carbocycles. The third-order valence-corrected chi connectivity index (χ3v) is 2.61. The zero-order valence-electron chi connectivity index (χ0n) is 11.3. The van der Waals surface area contributed by atoms with Crippen LogP contribution in [0.2, 0.25) is 0 Å². The molecule has 0 fully saturated rings. The summed E-state index contributed by atoms with van der Waals surface area (Å²) in [4.78, 5) is 21.8. The summed E-state index contributed by atoms with van der Waals surface area (Å²) >= 11 is 0. The van der Waals surface area contributed by atoms with Crippen LogP contribution in [0.4, 0.5) is 0 Å². The van der Waals surface area contributed by atoms with Crippen LogP contribution in [-0.4, -0.2) is 40.8 Å². The topological polar surface area (TPSA) is 95.9 Å². The van der Waals surface area contributed by atoms with E-state index in [4.69, 9.17) is 9.84 Å². The number of hydrogen-bond acceptors (Lipinski definition) is 4. The lowest BCUT2D eigenvalue weighted by Gasteiger charge is -2.17. The molecule has 1 rings (SSSR count). The number of rotatable bonds is 8. The molecule has 0 saturated carbocycles. The van der Waals surface area contributed by atoms with E-state index in [0.717, 1.165) is 5.56 Å². The molecule has 0 aliphatic heterocycles. The average Bonchev–Trinajstić information content (AvgIpc) is 2.38. The lowest BCUT2D eigenvalue weighted by molar-refractivity contribution is -0.142. The lowest BCUT2D eigenvalue weighted by Crippen LogP contribution is -2.42. The zero-order valence-corrected chi connectivity index (χ0v) is 11.3. The number of aliphatic carboxylic acids is 1. The Balaban J connectivity index is 2.32. The third kappa shape index (κ3) is 6.31. The molecule has 1 aromatic rings. The van der Waals surface area contributed by atoms with Crippen molar-refractivity contribution in [1.82, 2.24) is 5.32 Å². The molecule has 2 atom stereocenters. The monoisotopic (exact) mass is 281 g/mol. The second-order valence-corrected chi connectivity index (χ2v) is 4.48. The summed E-state index contributed by atoms with van der Waals surface area (Å²) in [6.07, 6.45) is -1.05. The molecule has 110 valence electrons. The fourth-order valence-corrected chi connectivity index (χ4v) is 1.69. The molecule has 0 aliphatic carbocycles. The molecule has 6 nitrogen and oxygen atoms in total. The van der Waals surface area contributed by atoms with Crippen LogP contribution in [0, 0.1) is 0 Å². The van der Waals surface area contributed by atoms with E-state index in [1.165, 1.54) is 6.92 Å². The molecule has 0 aliphatic rings. The standard InChI is InChI=1S/C14H19NO5/c1-10(16)15-13(14(18)19)7-12(17)9-20-8-11-5-3-2-4-6-11/h2-6,12-13,17H,7-9H2,1H3,(H,15,16)(H,18,19). The van der Waals surface area contributed by atoms with Gasteiger partial charge in [0.1, 0.15) is 6.04 Å². The van der Waals surface area contributed by atoms with Gasteiger partial charge in [0.05, 0.1) is 19.3 Å². The van der Waals surface area contributed by atoms with Crippen molar-refractivity contribution in [3.63, 3.8) is 0 Å². The Kier molecular flexibility index (Phi) is 6.69. The Labute approximate surface area is 117 Å². The number of ether oxygens (including phenoxy) is 1. The van der Waals surface area contributed by atoms with Crippen molar-refractivity contribution in [2.75, 3.05) is 6.61 Å². The van der Waals surface area contributed by atoms with E-state index >= 15 is 0 Å². The van der Waals surface area contributed by atoms with Gasteiger partial charge in [-0.2, -0.15) is 0 Å². The van der Waals surface area contributed by atoms with Gasteiger partial charge in [-0.05, 0) is 5.56 Å². The number of amides is 1. The number of nitrogens with one attached hydrogen (secondary N) is 1. The molecule has 0 heterocycles. The number of carboxylic acids is 1. The minimum atomic E-state index is -1.18. The van der Waals surface area contributed by atoms with Gasteiger partial charge in [-0.15, -0.1) is 0 Å². The van der Waals surface area contributed by atoms with Gasteiger partial charge in [-0.3, -0.25) is 4.79 Å². The van der Waals surface area contributed by atoms with E-state index in [2.05, 4.69) is 5.32 Å². The van der Waals surface area contributed by atoms with Crippen molar-refractivity contribution in [1.29, 1.82) is 0 Å². The summed E-state index contributed by atoms with van der Waals surface area (Å²) in [6, 6.07) is 8.33. The molecule has 3 N–H and O–H groups in total. The maximum absolute atomic E-state index is 10.9. The van der Waals surface area contributed by atoms with Crippen LogP contribution in [0.3, 0.4) is 0 Å². The summed E-state index contributed by atoms with van der Waals surface area (Å²) in [5.74, 6) is -1.63. The minimum Gasteiger partial charge on any atom is -0.480 e. The van der Waals surface area contributed by atoms with Crippen molar-refractivity contribution in [2.45, 2.75) is 32.1 Å². The summed E-state index contributed by atoms with van der Waals surface area (Å²) in [7, 11) is 0. The lowest BCUT2D eigenvalue weighted by atomic mass is 10.1. The summed E-state index contributed by atoms with van der Waals surface area (Å²) in [5.41, 5.74) is 0.969. The molecular weight excluding hydrogens is 262 g/mol. The first-order chi connectivity index (χ1) is 9.49. The molecule has 1 amide bonds. The maximum atomic E-state index is 10.9. The van der Waals surface area contributed by atoms with E-state index in [1.54, 1.807) is 0 Å². The minimum absolute atomic E-state index is 0.0122. The second kappa shape index (κ2) is 8.29. The van der Waals surface area contributed by atoms with Crippen molar-refractivity contribution in [2.24, 2.45) is 0 Å². The van der Waals surface area contributed by atoms with E-state index in [9.17, 15) is 14.7 Å². The number of hydrogen-bond donors (Lipinski definition) is 3. The number of aliphatic hydroxyl groups excluding tert-OH is 1. The van der Waals surface area contributed by atoms with Gasteiger partial charge in [-0.1, -0.05) is 30.3 Å². The molecule has 0 saturated heterocycles. The molecule has 2 unspecified atom stereocenters. The fourth-order valence-electron chi connectivity index (χ4n) is 1.69. The SMILES string of the molecule is CC(=O)NC(CC(O)COCc1ccccc1)C(=O)O. The van der Waals surface area contributed by atoms with Gasteiger partial charge in [0.25, 0.3) is 0 Å². The van der Waals surface area contributed by atoms with E-state index in [-0.39, 0.29) is 13.0 Å². The number of carbonyl (C=O) groups excluding carboxylic acids is 1. The highest BCUT2D eigenvalue weighted by atomic mass is 16.5. The maximum Gasteiger partial charge on any atom is 0.326 e. The molecule has 0 radical (unpaired) electrons. The highest BCUT2D eigenvalue weighted by molar-refractivity contribution is 5.82. The summed E-state index contributed by atoms with van der Waals surface area (Å²) in [5, 5.41) is 20.9. The second-order valence-electron chi connectivity index (χ2n) is 4.48. The first kappa shape index (κ1) is 16.1. The van der Waals surface area contributed by atoms with Gasteiger partial charge in [0.2, 0.25) is 5.91 Å². The molecule has 0 spiro atoms. The Morgan fingerprint density at radius 3 is 2.50 bits per heavy atom. The van der Waals surface area contributed by atoms with Gasteiger partial charge in [-0.25, -0.2) is 4.79 Å². The Morgan fingerprint density at radius 1 is 1.30 bits per heavy atom.